The van der Waals surface area contributed by atoms with E-state index in [4.69, 9.17) is 21.1 Å². The normalized spacial score (nSPS) is 11.8. The van der Waals surface area contributed by atoms with Gasteiger partial charge in [-0.1, -0.05) is 17.7 Å². The van der Waals surface area contributed by atoms with Crippen LogP contribution in [0.15, 0.2) is 41.3 Å². The Labute approximate surface area is 178 Å². The molecule has 2 aromatic carbocycles. The summed E-state index contributed by atoms with van der Waals surface area (Å²) in [5.74, 6) is 2.06. The molecule has 0 aromatic heterocycles. The Bertz CT molecular complexity index is 787. The van der Waals surface area contributed by atoms with Crippen LogP contribution in [0.2, 0.25) is 5.02 Å². The lowest BCUT2D eigenvalue weighted by molar-refractivity contribution is -0.120. The molecule has 4 nitrogen and oxygen atoms in total. The second kappa shape index (κ2) is 11.4. The number of carbonyl (C=O) groups is 1. The van der Waals surface area contributed by atoms with E-state index < -0.39 is 0 Å². The highest BCUT2D eigenvalue weighted by Gasteiger charge is 2.15. The van der Waals surface area contributed by atoms with Gasteiger partial charge in [-0.2, -0.15) is 11.8 Å². The zero-order chi connectivity index (χ0) is 20.5. The van der Waals surface area contributed by atoms with Crippen LogP contribution in [-0.4, -0.2) is 37.7 Å². The molecule has 28 heavy (non-hydrogen) atoms. The number of hydrogen-bond donors (Lipinski definition) is 1. The number of hydrogen-bond acceptors (Lipinski definition) is 5. The van der Waals surface area contributed by atoms with Gasteiger partial charge in [0.1, 0.15) is 5.82 Å². The number of thioether (sulfide) groups is 2. The molecule has 0 saturated heterocycles. The molecule has 8 heteroatoms. The smallest absolute Gasteiger partial charge is 0.233 e. The number of amides is 1. The predicted molar refractivity (Wildman–Crippen MR) is 115 cm³/mol. The van der Waals surface area contributed by atoms with E-state index in [0.29, 0.717) is 40.1 Å². The number of carbonyl (C=O) groups excluding carboxylic acids is 1. The van der Waals surface area contributed by atoms with Crippen LogP contribution in [-0.2, 0) is 10.5 Å². The minimum atomic E-state index is -0.302. The zero-order valence-electron chi connectivity index (χ0n) is 16.0. The lowest BCUT2D eigenvalue weighted by Crippen LogP contribution is -2.32. The summed E-state index contributed by atoms with van der Waals surface area (Å²) in [5.41, 5.74) is 0.498. The molecule has 2 aromatic rings. The Balaban J connectivity index is 1.75. The third-order valence-corrected chi connectivity index (χ3v) is 6.32. The summed E-state index contributed by atoms with van der Waals surface area (Å²) in [7, 11) is 3.16. The van der Waals surface area contributed by atoms with Gasteiger partial charge < -0.3 is 14.8 Å². The van der Waals surface area contributed by atoms with E-state index in [1.54, 1.807) is 26.4 Å². The van der Waals surface area contributed by atoms with E-state index in [1.165, 1.54) is 29.6 Å². The average Bonchev–Trinajstić information content (AvgIpc) is 2.69. The minimum absolute atomic E-state index is 0.0516. The first-order valence-corrected chi connectivity index (χ1v) is 11.0. The molecule has 0 radical (unpaired) electrons. The molecule has 1 N–H and O–H groups in total. The average molecular weight is 444 g/mol. The fourth-order valence-electron chi connectivity index (χ4n) is 2.38. The molecule has 0 aliphatic heterocycles. The molecule has 0 bridgehead atoms. The summed E-state index contributed by atoms with van der Waals surface area (Å²) >= 11 is 8.98. The van der Waals surface area contributed by atoms with Crippen LogP contribution in [0.1, 0.15) is 12.5 Å². The monoisotopic (exact) mass is 443 g/mol. The van der Waals surface area contributed by atoms with Crippen molar-refractivity contribution < 1.29 is 18.7 Å². The fourth-order valence-corrected chi connectivity index (χ4v) is 4.50. The van der Waals surface area contributed by atoms with E-state index in [9.17, 15) is 9.18 Å². The summed E-state index contributed by atoms with van der Waals surface area (Å²) < 4.78 is 24.2. The van der Waals surface area contributed by atoms with Crippen LogP contribution in [0.5, 0.6) is 11.5 Å². The highest BCUT2D eigenvalue weighted by molar-refractivity contribution is 8.00. The van der Waals surface area contributed by atoms with Crippen molar-refractivity contribution in [3.05, 3.63) is 52.8 Å². The quantitative estimate of drug-likeness (QED) is 0.412. The standard InChI is InChI=1S/C20H23ClFNO3S2/c1-13(28-14-7-8-18(25-2)19(11-14)26-3)20(24)23-9-10-27-12-15-16(21)5-4-6-17(15)22/h4-8,11,13H,9-10,12H2,1-3H3,(H,23,24)/t13-/m1/s1. The van der Waals surface area contributed by atoms with Gasteiger partial charge in [-0.05, 0) is 37.3 Å². The third-order valence-electron chi connectivity index (χ3n) is 3.89. The van der Waals surface area contributed by atoms with Gasteiger partial charge in [0.25, 0.3) is 0 Å². The molecule has 0 aliphatic rings. The van der Waals surface area contributed by atoms with Crippen LogP contribution in [0.4, 0.5) is 4.39 Å². The summed E-state index contributed by atoms with van der Waals surface area (Å²) in [5, 5.41) is 3.07. The third kappa shape index (κ3) is 6.50. The Kier molecular flexibility index (Phi) is 9.28. The largest absolute Gasteiger partial charge is 0.493 e. The Morgan fingerprint density at radius 2 is 1.96 bits per heavy atom. The highest BCUT2D eigenvalue weighted by Crippen LogP contribution is 2.33. The summed E-state index contributed by atoms with van der Waals surface area (Å²) in [6.07, 6.45) is 0. The van der Waals surface area contributed by atoms with E-state index in [-0.39, 0.29) is 17.0 Å². The highest BCUT2D eigenvalue weighted by atomic mass is 35.5. The number of halogens is 2. The second-order valence-electron chi connectivity index (χ2n) is 5.82. The molecule has 2 rings (SSSR count). The molecule has 0 heterocycles. The van der Waals surface area contributed by atoms with Gasteiger partial charge in [-0.3, -0.25) is 4.79 Å². The van der Waals surface area contributed by atoms with Crippen LogP contribution in [0.25, 0.3) is 0 Å². The molecule has 1 atom stereocenters. The van der Waals surface area contributed by atoms with Crippen molar-refractivity contribution in [1.29, 1.82) is 0 Å². The molecular formula is C20H23ClFNO3S2. The van der Waals surface area contributed by atoms with E-state index >= 15 is 0 Å². The van der Waals surface area contributed by atoms with Crippen molar-refractivity contribution in [1.82, 2.24) is 5.32 Å². The molecular weight excluding hydrogens is 421 g/mol. The van der Waals surface area contributed by atoms with E-state index in [0.717, 1.165) is 4.90 Å². The van der Waals surface area contributed by atoms with Crippen LogP contribution < -0.4 is 14.8 Å². The number of benzene rings is 2. The number of rotatable bonds is 10. The van der Waals surface area contributed by atoms with Crippen LogP contribution in [0, 0.1) is 5.82 Å². The summed E-state index contributed by atoms with van der Waals surface area (Å²) in [6.45, 7) is 2.36. The molecule has 0 aliphatic carbocycles. The Hall–Kier alpha value is -1.57. The SMILES string of the molecule is COc1ccc(S[C@H](C)C(=O)NCCSCc2c(F)cccc2Cl)cc1OC. The number of nitrogens with one attached hydrogen (secondary N) is 1. The minimum Gasteiger partial charge on any atom is -0.493 e. The fraction of sp³-hybridized carbons (Fsp3) is 0.350. The lowest BCUT2D eigenvalue weighted by atomic mass is 10.2. The number of ether oxygens (including phenoxy) is 2. The lowest BCUT2D eigenvalue weighted by Gasteiger charge is -2.14. The van der Waals surface area contributed by atoms with Crippen molar-refractivity contribution in [2.75, 3.05) is 26.5 Å². The molecule has 0 unspecified atom stereocenters. The maximum Gasteiger partial charge on any atom is 0.233 e. The predicted octanol–water partition coefficient (Wildman–Crippen LogP) is 5.03. The summed E-state index contributed by atoms with van der Waals surface area (Å²) in [4.78, 5) is 13.2. The van der Waals surface area contributed by atoms with Crippen LogP contribution in [0.3, 0.4) is 0 Å². The number of methoxy groups -OCH3 is 2. The van der Waals surface area contributed by atoms with Gasteiger partial charge in [0.2, 0.25) is 5.91 Å². The summed E-state index contributed by atoms with van der Waals surface area (Å²) in [6, 6.07) is 10.2. The maximum atomic E-state index is 13.7. The second-order valence-corrected chi connectivity index (χ2v) is 8.75. The first kappa shape index (κ1) is 22.7. The first-order chi connectivity index (χ1) is 13.5. The molecule has 0 fully saturated rings. The molecule has 152 valence electrons. The molecule has 0 spiro atoms. The Morgan fingerprint density at radius 3 is 2.64 bits per heavy atom. The van der Waals surface area contributed by atoms with Crippen molar-refractivity contribution in [3.8, 4) is 11.5 Å². The van der Waals surface area contributed by atoms with Crippen molar-refractivity contribution in [2.24, 2.45) is 0 Å². The van der Waals surface area contributed by atoms with Crippen molar-refractivity contribution in [2.45, 2.75) is 22.8 Å². The zero-order valence-corrected chi connectivity index (χ0v) is 18.3. The van der Waals surface area contributed by atoms with Gasteiger partial charge >= 0.3 is 0 Å². The van der Waals surface area contributed by atoms with Crippen molar-refractivity contribution in [3.63, 3.8) is 0 Å². The Morgan fingerprint density at radius 1 is 1.21 bits per heavy atom. The van der Waals surface area contributed by atoms with Gasteiger partial charge in [-0.25, -0.2) is 4.39 Å². The molecule has 1 amide bonds. The first-order valence-electron chi connectivity index (χ1n) is 8.63. The van der Waals surface area contributed by atoms with Gasteiger partial charge in [0.15, 0.2) is 11.5 Å². The molecule has 0 saturated carbocycles. The van der Waals surface area contributed by atoms with E-state index in [1.807, 2.05) is 25.1 Å². The topological polar surface area (TPSA) is 47.6 Å². The van der Waals surface area contributed by atoms with Crippen molar-refractivity contribution >= 4 is 41.0 Å². The van der Waals surface area contributed by atoms with Crippen LogP contribution >= 0.6 is 35.1 Å². The maximum absolute atomic E-state index is 13.7. The van der Waals surface area contributed by atoms with Gasteiger partial charge in [-0.15, -0.1) is 11.8 Å². The van der Waals surface area contributed by atoms with Gasteiger partial charge in [0.05, 0.1) is 19.5 Å². The van der Waals surface area contributed by atoms with Gasteiger partial charge in [0, 0.05) is 33.5 Å². The van der Waals surface area contributed by atoms with E-state index in [2.05, 4.69) is 5.32 Å².